The number of hydrogen-bond donors (Lipinski definition) is 2. The van der Waals surface area contributed by atoms with Crippen LogP contribution < -0.4 is 19.7 Å². The summed E-state index contributed by atoms with van der Waals surface area (Å²) in [6.45, 7) is 10.1. The van der Waals surface area contributed by atoms with Crippen molar-refractivity contribution in [2.75, 3.05) is 17.5 Å². The number of hydrogen-bond acceptors (Lipinski definition) is 5. The van der Waals surface area contributed by atoms with Crippen LogP contribution in [0.3, 0.4) is 0 Å². The lowest BCUT2D eigenvalue weighted by atomic mass is 10.1. The Morgan fingerprint density at radius 2 is 1.67 bits per heavy atom. The molecule has 0 saturated carbocycles. The van der Waals surface area contributed by atoms with Crippen molar-refractivity contribution < 1.29 is 26.7 Å². The highest BCUT2D eigenvalue weighted by atomic mass is 35.5. The van der Waals surface area contributed by atoms with E-state index in [2.05, 4.69) is 10.6 Å². The second-order valence-electron chi connectivity index (χ2n) is 11.0. The smallest absolute Gasteiger partial charge is 0.264 e. The Morgan fingerprint density at radius 1 is 1.00 bits per heavy atom. The van der Waals surface area contributed by atoms with Crippen LogP contribution in [0.2, 0.25) is 5.02 Å². The molecule has 0 aliphatic heterocycles. The fourth-order valence-electron chi connectivity index (χ4n) is 4.30. The van der Waals surface area contributed by atoms with E-state index in [1.807, 2.05) is 20.8 Å². The molecule has 0 fully saturated rings. The third-order valence-corrected chi connectivity index (χ3v) is 8.56. The first-order chi connectivity index (χ1) is 19.7. The summed E-state index contributed by atoms with van der Waals surface area (Å²) in [6, 6.07) is 13.7. The van der Waals surface area contributed by atoms with Gasteiger partial charge in [-0.05, 0) is 96.5 Å². The van der Waals surface area contributed by atoms with Crippen LogP contribution in [0, 0.1) is 11.6 Å². The number of carbonyl (C=O) groups is 1. The van der Waals surface area contributed by atoms with Crippen molar-refractivity contribution in [3.8, 4) is 5.75 Å². The van der Waals surface area contributed by atoms with E-state index in [-0.39, 0.29) is 22.4 Å². The standard InChI is InChI=1S/C31H38ClF2N3O4S/c1-21(30(38)36-31(3,4)5)35-18-8-9-19-41-29-11-7-6-10-26(29)22(2)37(28-20-24(33)14-17-27(28)34)42(39,40)25-15-12-23(32)13-16-25/h6-7,10-17,20-22,35H,8-9,18-19H2,1-5H3,(H,36,38). The number of nitrogens with one attached hydrogen (secondary N) is 2. The number of halogens is 3. The highest BCUT2D eigenvalue weighted by molar-refractivity contribution is 7.92. The van der Waals surface area contributed by atoms with Crippen molar-refractivity contribution in [2.45, 2.75) is 70.0 Å². The lowest BCUT2D eigenvalue weighted by molar-refractivity contribution is -0.124. The monoisotopic (exact) mass is 621 g/mol. The van der Waals surface area contributed by atoms with Crippen LogP contribution in [0.1, 0.15) is 59.1 Å². The van der Waals surface area contributed by atoms with Crippen LogP contribution in [0.15, 0.2) is 71.6 Å². The third-order valence-electron chi connectivity index (χ3n) is 6.41. The van der Waals surface area contributed by atoms with Crippen LogP contribution in [0.25, 0.3) is 0 Å². The second kappa shape index (κ2) is 14.3. The van der Waals surface area contributed by atoms with Gasteiger partial charge in [-0.2, -0.15) is 0 Å². The predicted molar refractivity (Wildman–Crippen MR) is 162 cm³/mol. The second-order valence-corrected chi connectivity index (χ2v) is 13.3. The largest absolute Gasteiger partial charge is 0.493 e. The summed E-state index contributed by atoms with van der Waals surface area (Å²) >= 11 is 5.96. The molecule has 1 amide bonds. The number of unbranched alkanes of at least 4 members (excludes halogenated alkanes) is 1. The van der Waals surface area contributed by atoms with E-state index in [0.29, 0.717) is 35.9 Å². The molecule has 0 radical (unpaired) electrons. The van der Waals surface area contributed by atoms with Gasteiger partial charge in [-0.1, -0.05) is 29.8 Å². The summed E-state index contributed by atoms with van der Waals surface area (Å²) in [5.41, 5.74) is -0.262. The molecule has 3 aromatic rings. The molecule has 0 aliphatic rings. The molecular weight excluding hydrogens is 584 g/mol. The van der Waals surface area contributed by atoms with Crippen molar-refractivity contribution in [3.05, 3.63) is 89.0 Å². The first-order valence-electron chi connectivity index (χ1n) is 13.7. The van der Waals surface area contributed by atoms with Crippen molar-refractivity contribution in [3.63, 3.8) is 0 Å². The van der Waals surface area contributed by atoms with Crippen molar-refractivity contribution in [1.82, 2.24) is 10.6 Å². The molecule has 2 N–H and O–H groups in total. The summed E-state index contributed by atoms with van der Waals surface area (Å²) in [7, 11) is -4.36. The number of rotatable bonds is 13. The van der Waals surface area contributed by atoms with Crippen molar-refractivity contribution >= 4 is 33.2 Å². The summed E-state index contributed by atoms with van der Waals surface area (Å²) in [6.07, 6.45) is 1.39. The zero-order valence-electron chi connectivity index (χ0n) is 24.5. The van der Waals surface area contributed by atoms with E-state index < -0.39 is 33.4 Å². The molecule has 0 bridgehead atoms. The molecule has 0 aromatic heterocycles. The van der Waals surface area contributed by atoms with Gasteiger partial charge < -0.3 is 15.4 Å². The highest BCUT2D eigenvalue weighted by Crippen LogP contribution is 2.38. The number of anilines is 1. The number of para-hydroxylation sites is 1. The maximum absolute atomic E-state index is 15.1. The van der Waals surface area contributed by atoms with Gasteiger partial charge >= 0.3 is 0 Å². The SMILES string of the molecule is CC(NCCCCOc1ccccc1C(C)N(c1cc(F)ccc1F)S(=O)(=O)c1ccc(Cl)cc1)C(=O)NC(C)(C)C. The number of sulfonamides is 1. The molecule has 3 rings (SSSR count). The molecule has 11 heteroatoms. The van der Waals surface area contributed by atoms with Crippen LogP contribution in [0.5, 0.6) is 5.75 Å². The van der Waals surface area contributed by atoms with E-state index in [1.54, 1.807) is 38.1 Å². The molecule has 0 heterocycles. The first-order valence-corrected chi connectivity index (χ1v) is 15.5. The Labute approximate surface area is 252 Å². The van der Waals surface area contributed by atoms with Crippen LogP contribution in [0.4, 0.5) is 14.5 Å². The Bertz CT molecular complexity index is 1460. The third kappa shape index (κ3) is 8.89. The minimum absolute atomic E-state index is 0.0745. The molecule has 3 aromatic carbocycles. The van der Waals surface area contributed by atoms with E-state index >= 15 is 4.39 Å². The van der Waals surface area contributed by atoms with Gasteiger partial charge in [-0.25, -0.2) is 17.2 Å². The van der Waals surface area contributed by atoms with Crippen LogP contribution in [-0.4, -0.2) is 39.1 Å². The molecule has 0 spiro atoms. The lowest BCUT2D eigenvalue weighted by Gasteiger charge is -2.32. The summed E-state index contributed by atoms with van der Waals surface area (Å²) in [5.74, 6) is -1.33. The number of carbonyl (C=O) groups excluding carboxylic acids is 1. The highest BCUT2D eigenvalue weighted by Gasteiger charge is 2.34. The average Bonchev–Trinajstić information content (AvgIpc) is 2.92. The summed E-state index contributed by atoms with van der Waals surface area (Å²) < 4.78 is 64.0. The Balaban J connectivity index is 1.77. The predicted octanol–water partition coefficient (Wildman–Crippen LogP) is 6.63. The van der Waals surface area contributed by atoms with Gasteiger partial charge in [-0.15, -0.1) is 0 Å². The van der Waals surface area contributed by atoms with E-state index in [1.165, 1.54) is 24.3 Å². The van der Waals surface area contributed by atoms with E-state index in [4.69, 9.17) is 16.3 Å². The topological polar surface area (TPSA) is 87.7 Å². The quantitative estimate of drug-likeness (QED) is 0.209. The normalized spacial score (nSPS) is 13.3. The molecule has 42 heavy (non-hydrogen) atoms. The molecule has 2 atom stereocenters. The maximum atomic E-state index is 15.1. The van der Waals surface area contributed by atoms with Crippen molar-refractivity contribution in [2.24, 2.45) is 0 Å². The molecule has 0 aliphatic carbocycles. The van der Waals surface area contributed by atoms with Gasteiger partial charge in [0.2, 0.25) is 5.91 Å². The van der Waals surface area contributed by atoms with Crippen molar-refractivity contribution in [1.29, 1.82) is 0 Å². The molecule has 7 nitrogen and oxygen atoms in total. The van der Waals surface area contributed by atoms with Gasteiger partial charge in [-0.3, -0.25) is 9.10 Å². The first kappa shape index (κ1) is 33.3. The van der Waals surface area contributed by atoms with E-state index in [0.717, 1.165) is 28.9 Å². The lowest BCUT2D eigenvalue weighted by Crippen LogP contribution is -2.49. The summed E-state index contributed by atoms with van der Waals surface area (Å²) in [5, 5.41) is 6.47. The maximum Gasteiger partial charge on any atom is 0.264 e. The minimum atomic E-state index is -4.36. The zero-order valence-corrected chi connectivity index (χ0v) is 26.0. The van der Waals surface area contributed by atoms with E-state index in [9.17, 15) is 17.6 Å². The number of amides is 1. The zero-order chi connectivity index (χ0) is 31.1. The van der Waals surface area contributed by atoms with Gasteiger partial charge in [0.05, 0.1) is 29.3 Å². The van der Waals surface area contributed by atoms with Crippen LogP contribution >= 0.6 is 11.6 Å². The number of benzene rings is 3. The molecular formula is C31H38ClF2N3O4S. The fourth-order valence-corrected chi connectivity index (χ4v) is 6.06. The van der Waals surface area contributed by atoms with Gasteiger partial charge in [0, 0.05) is 22.2 Å². The summed E-state index contributed by atoms with van der Waals surface area (Å²) in [4.78, 5) is 12.1. The van der Waals surface area contributed by atoms with Crippen LogP contribution in [-0.2, 0) is 14.8 Å². The molecule has 2 unspecified atom stereocenters. The minimum Gasteiger partial charge on any atom is -0.493 e. The average molecular weight is 622 g/mol. The number of nitrogens with zero attached hydrogens (tertiary/aromatic N) is 1. The number of ether oxygens (including phenoxy) is 1. The van der Waals surface area contributed by atoms with Gasteiger partial charge in [0.15, 0.2) is 0 Å². The van der Waals surface area contributed by atoms with Gasteiger partial charge in [0.1, 0.15) is 17.4 Å². The Hall–Kier alpha value is -3.21. The molecule has 0 saturated heterocycles. The fraction of sp³-hybridized carbons (Fsp3) is 0.387. The Kier molecular flexibility index (Phi) is 11.3. The molecule has 228 valence electrons. The van der Waals surface area contributed by atoms with Gasteiger partial charge in [0.25, 0.3) is 10.0 Å². The Morgan fingerprint density at radius 3 is 2.33 bits per heavy atom.